The largest absolute Gasteiger partial charge is 0.388 e. The van der Waals surface area contributed by atoms with Crippen molar-refractivity contribution in [1.29, 1.82) is 0 Å². The summed E-state index contributed by atoms with van der Waals surface area (Å²) in [6, 6.07) is 9.32. The molecule has 94 valence electrons. The molecule has 3 nitrogen and oxygen atoms in total. The van der Waals surface area contributed by atoms with Crippen molar-refractivity contribution in [2.45, 2.75) is 26.9 Å². The fraction of sp³-hybridized carbons (Fsp3) is 0.500. The first kappa shape index (κ1) is 13.7. The van der Waals surface area contributed by atoms with E-state index in [9.17, 15) is 9.90 Å². The SMILES string of the molecule is CCN(CC)C(=O)[C@H](C)[C@@H](O)c1ccccc1. The van der Waals surface area contributed by atoms with Crippen molar-refractivity contribution < 1.29 is 9.90 Å². The molecule has 0 aliphatic carbocycles. The predicted molar refractivity (Wildman–Crippen MR) is 68.5 cm³/mol. The molecule has 1 N–H and O–H groups in total. The summed E-state index contributed by atoms with van der Waals surface area (Å²) >= 11 is 0. The van der Waals surface area contributed by atoms with E-state index in [1.165, 1.54) is 0 Å². The van der Waals surface area contributed by atoms with Gasteiger partial charge < -0.3 is 10.0 Å². The molecule has 0 saturated heterocycles. The molecule has 0 radical (unpaired) electrons. The van der Waals surface area contributed by atoms with Crippen molar-refractivity contribution >= 4 is 5.91 Å². The summed E-state index contributed by atoms with van der Waals surface area (Å²) in [5, 5.41) is 10.2. The van der Waals surface area contributed by atoms with Crippen LogP contribution in [0.3, 0.4) is 0 Å². The zero-order valence-electron chi connectivity index (χ0n) is 10.8. The molecule has 1 aromatic carbocycles. The summed E-state index contributed by atoms with van der Waals surface area (Å²) < 4.78 is 0. The van der Waals surface area contributed by atoms with Crippen LogP contribution in [-0.4, -0.2) is 29.0 Å². The van der Waals surface area contributed by atoms with Gasteiger partial charge in [0.1, 0.15) is 0 Å². The Morgan fingerprint density at radius 3 is 2.24 bits per heavy atom. The second-order valence-electron chi connectivity index (χ2n) is 4.15. The Bertz CT molecular complexity index is 346. The summed E-state index contributed by atoms with van der Waals surface area (Å²) in [4.78, 5) is 13.8. The number of nitrogens with zero attached hydrogens (tertiary/aromatic N) is 1. The minimum absolute atomic E-state index is 0.00588. The Morgan fingerprint density at radius 1 is 1.24 bits per heavy atom. The lowest BCUT2D eigenvalue weighted by atomic mass is 9.96. The van der Waals surface area contributed by atoms with Crippen molar-refractivity contribution in [3.05, 3.63) is 35.9 Å². The van der Waals surface area contributed by atoms with E-state index in [-0.39, 0.29) is 5.91 Å². The molecule has 3 heteroatoms. The molecule has 1 rings (SSSR count). The van der Waals surface area contributed by atoms with Crippen LogP contribution in [0.1, 0.15) is 32.4 Å². The van der Waals surface area contributed by atoms with Gasteiger partial charge in [0.05, 0.1) is 12.0 Å². The number of aliphatic hydroxyl groups is 1. The molecule has 0 spiro atoms. The highest BCUT2D eigenvalue weighted by Crippen LogP contribution is 2.23. The number of rotatable bonds is 5. The standard InChI is InChI=1S/C14H21NO2/c1-4-15(5-2)14(17)11(3)13(16)12-9-7-6-8-10-12/h6-11,13,16H,4-5H2,1-3H3/t11-,13-/m1/s1. The van der Waals surface area contributed by atoms with Crippen LogP contribution >= 0.6 is 0 Å². The average Bonchev–Trinajstić information content (AvgIpc) is 2.39. The van der Waals surface area contributed by atoms with E-state index < -0.39 is 12.0 Å². The van der Waals surface area contributed by atoms with Crippen LogP contribution in [0.2, 0.25) is 0 Å². The summed E-state index contributed by atoms with van der Waals surface area (Å²) in [7, 11) is 0. The monoisotopic (exact) mass is 235 g/mol. The second kappa shape index (κ2) is 6.40. The Kier molecular flexibility index (Phi) is 5.16. The van der Waals surface area contributed by atoms with Crippen LogP contribution in [-0.2, 0) is 4.79 Å². The van der Waals surface area contributed by atoms with Crippen LogP contribution < -0.4 is 0 Å². The maximum absolute atomic E-state index is 12.1. The first-order chi connectivity index (χ1) is 8.11. The fourth-order valence-corrected chi connectivity index (χ4v) is 1.90. The molecular weight excluding hydrogens is 214 g/mol. The molecule has 1 amide bonds. The topological polar surface area (TPSA) is 40.5 Å². The highest BCUT2D eigenvalue weighted by atomic mass is 16.3. The zero-order valence-corrected chi connectivity index (χ0v) is 10.8. The third-order valence-electron chi connectivity index (χ3n) is 3.08. The van der Waals surface area contributed by atoms with Crippen molar-refractivity contribution in [3.63, 3.8) is 0 Å². The van der Waals surface area contributed by atoms with Gasteiger partial charge in [0, 0.05) is 13.1 Å². The summed E-state index contributed by atoms with van der Waals surface area (Å²) in [6.07, 6.45) is -0.732. The Hall–Kier alpha value is -1.35. The average molecular weight is 235 g/mol. The number of carbonyl (C=O) groups is 1. The summed E-state index contributed by atoms with van der Waals surface area (Å²) in [6.45, 7) is 7.03. The van der Waals surface area contributed by atoms with E-state index in [1.807, 2.05) is 44.2 Å². The van der Waals surface area contributed by atoms with Crippen LogP contribution in [0.5, 0.6) is 0 Å². The van der Waals surface area contributed by atoms with Crippen molar-refractivity contribution in [1.82, 2.24) is 4.90 Å². The molecule has 0 unspecified atom stereocenters. The van der Waals surface area contributed by atoms with Crippen molar-refractivity contribution in [2.75, 3.05) is 13.1 Å². The lowest BCUT2D eigenvalue weighted by molar-refractivity contribution is -0.138. The predicted octanol–water partition coefficient (Wildman–Crippen LogP) is 2.22. The quantitative estimate of drug-likeness (QED) is 0.850. The molecular formula is C14H21NO2. The second-order valence-corrected chi connectivity index (χ2v) is 4.15. The van der Waals surface area contributed by atoms with Gasteiger partial charge in [-0.1, -0.05) is 37.3 Å². The van der Waals surface area contributed by atoms with Gasteiger partial charge in [0.2, 0.25) is 5.91 Å². The highest BCUT2D eigenvalue weighted by Gasteiger charge is 2.26. The number of aliphatic hydroxyl groups excluding tert-OH is 1. The third kappa shape index (κ3) is 3.30. The van der Waals surface area contributed by atoms with E-state index in [2.05, 4.69) is 0 Å². The molecule has 0 aliphatic heterocycles. The molecule has 0 heterocycles. The Morgan fingerprint density at radius 2 is 1.76 bits per heavy atom. The lowest BCUT2D eigenvalue weighted by Crippen LogP contribution is -2.37. The molecule has 17 heavy (non-hydrogen) atoms. The number of benzene rings is 1. The lowest BCUT2D eigenvalue weighted by Gasteiger charge is -2.26. The van der Waals surface area contributed by atoms with Gasteiger partial charge in [-0.2, -0.15) is 0 Å². The maximum atomic E-state index is 12.1. The Balaban J connectivity index is 2.76. The number of amides is 1. The maximum Gasteiger partial charge on any atom is 0.228 e. The number of hydrogen-bond acceptors (Lipinski definition) is 2. The van der Waals surface area contributed by atoms with Crippen molar-refractivity contribution in [3.8, 4) is 0 Å². The van der Waals surface area contributed by atoms with E-state index in [0.717, 1.165) is 5.56 Å². The number of hydrogen-bond donors (Lipinski definition) is 1. The van der Waals surface area contributed by atoms with Crippen LogP contribution in [0.4, 0.5) is 0 Å². The molecule has 2 atom stereocenters. The molecule has 0 aromatic heterocycles. The first-order valence-electron chi connectivity index (χ1n) is 6.13. The van der Waals surface area contributed by atoms with Crippen molar-refractivity contribution in [2.24, 2.45) is 5.92 Å². The van der Waals surface area contributed by atoms with Gasteiger partial charge in [-0.05, 0) is 19.4 Å². The van der Waals surface area contributed by atoms with Gasteiger partial charge in [-0.25, -0.2) is 0 Å². The van der Waals surface area contributed by atoms with Gasteiger partial charge in [-0.3, -0.25) is 4.79 Å². The minimum Gasteiger partial charge on any atom is -0.388 e. The zero-order chi connectivity index (χ0) is 12.8. The molecule has 1 aromatic rings. The molecule has 0 saturated carbocycles. The third-order valence-corrected chi connectivity index (χ3v) is 3.08. The van der Waals surface area contributed by atoms with Crippen LogP contribution in [0.15, 0.2) is 30.3 Å². The fourth-order valence-electron chi connectivity index (χ4n) is 1.90. The van der Waals surface area contributed by atoms with Gasteiger partial charge in [0.25, 0.3) is 0 Å². The van der Waals surface area contributed by atoms with E-state index in [0.29, 0.717) is 13.1 Å². The van der Waals surface area contributed by atoms with Gasteiger partial charge in [0.15, 0.2) is 0 Å². The van der Waals surface area contributed by atoms with Crippen LogP contribution in [0, 0.1) is 5.92 Å². The summed E-state index contributed by atoms with van der Waals surface area (Å²) in [5.74, 6) is -0.399. The Labute approximate surface area is 103 Å². The minimum atomic E-state index is -0.732. The number of carbonyl (C=O) groups excluding carboxylic acids is 1. The van der Waals surface area contributed by atoms with E-state index in [1.54, 1.807) is 11.8 Å². The normalized spacial score (nSPS) is 14.1. The molecule has 0 aliphatic rings. The van der Waals surface area contributed by atoms with Crippen LogP contribution in [0.25, 0.3) is 0 Å². The first-order valence-corrected chi connectivity index (χ1v) is 6.13. The molecule has 0 bridgehead atoms. The highest BCUT2D eigenvalue weighted by molar-refractivity contribution is 5.79. The van der Waals surface area contributed by atoms with E-state index in [4.69, 9.17) is 0 Å². The van der Waals surface area contributed by atoms with Gasteiger partial charge in [-0.15, -0.1) is 0 Å². The smallest absolute Gasteiger partial charge is 0.228 e. The van der Waals surface area contributed by atoms with Gasteiger partial charge >= 0.3 is 0 Å². The van der Waals surface area contributed by atoms with E-state index >= 15 is 0 Å². The molecule has 0 fully saturated rings. The summed E-state index contributed by atoms with van der Waals surface area (Å²) in [5.41, 5.74) is 0.792.